The van der Waals surface area contributed by atoms with Gasteiger partial charge in [0.25, 0.3) is 0 Å². The lowest BCUT2D eigenvalue weighted by Crippen LogP contribution is -2.25. The summed E-state index contributed by atoms with van der Waals surface area (Å²) in [5.74, 6) is 0.860. The molecule has 0 aliphatic rings. The third kappa shape index (κ3) is 3.80. The number of fused-ring (bicyclic) bond motifs is 1. The fourth-order valence-electron chi connectivity index (χ4n) is 3.19. The smallest absolute Gasteiger partial charge is 0.119 e. The van der Waals surface area contributed by atoms with E-state index in [2.05, 4.69) is 41.9 Å². The summed E-state index contributed by atoms with van der Waals surface area (Å²) in [6, 6.07) is 16.2. The number of rotatable bonds is 7. The first-order valence-electron chi connectivity index (χ1n) is 8.79. The normalized spacial score (nSPS) is 12.3. The maximum absolute atomic E-state index is 10.5. The summed E-state index contributed by atoms with van der Waals surface area (Å²) < 4.78 is 7.64. The van der Waals surface area contributed by atoms with Crippen LogP contribution in [0.15, 0.2) is 48.5 Å². The van der Waals surface area contributed by atoms with E-state index < -0.39 is 6.10 Å². The number of aromatic nitrogens is 1. The molecule has 0 aliphatic carbocycles. The van der Waals surface area contributed by atoms with Crippen LogP contribution in [-0.4, -0.2) is 28.9 Å². The van der Waals surface area contributed by atoms with Gasteiger partial charge in [0.05, 0.1) is 19.3 Å². The van der Waals surface area contributed by atoms with Crippen molar-refractivity contribution in [2.45, 2.75) is 33.4 Å². The Morgan fingerprint density at radius 2 is 1.80 bits per heavy atom. The van der Waals surface area contributed by atoms with Gasteiger partial charge in [0.2, 0.25) is 0 Å². The Labute approximate surface area is 149 Å². The van der Waals surface area contributed by atoms with E-state index in [1.54, 1.807) is 0 Å². The van der Waals surface area contributed by atoms with Crippen molar-refractivity contribution in [2.75, 3.05) is 18.5 Å². The Hall–Kier alpha value is -2.46. The monoisotopic (exact) mass is 338 g/mol. The van der Waals surface area contributed by atoms with Crippen molar-refractivity contribution in [3.05, 3.63) is 59.8 Å². The van der Waals surface area contributed by atoms with E-state index in [-0.39, 0.29) is 0 Å². The van der Waals surface area contributed by atoms with Crippen LogP contribution >= 0.6 is 0 Å². The number of anilines is 1. The molecule has 3 aromatic rings. The second kappa shape index (κ2) is 7.62. The number of para-hydroxylation sites is 1. The number of hydrogen-bond donors (Lipinski definition) is 2. The topological polar surface area (TPSA) is 46.4 Å². The van der Waals surface area contributed by atoms with Gasteiger partial charge in [-0.25, -0.2) is 0 Å². The van der Waals surface area contributed by atoms with Gasteiger partial charge in [0.15, 0.2) is 0 Å². The van der Waals surface area contributed by atoms with E-state index in [0.29, 0.717) is 19.7 Å². The maximum atomic E-state index is 10.5. The Balaban J connectivity index is 1.65. The van der Waals surface area contributed by atoms with Crippen LogP contribution in [0.3, 0.4) is 0 Å². The fraction of sp³-hybridized carbons (Fsp3) is 0.333. The quantitative estimate of drug-likeness (QED) is 0.681. The molecule has 0 radical (unpaired) electrons. The lowest BCUT2D eigenvalue weighted by Gasteiger charge is -2.16. The molecule has 25 heavy (non-hydrogen) atoms. The first-order valence-corrected chi connectivity index (χ1v) is 8.79. The number of hydrogen-bond acceptors (Lipinski definition) is 3. The first-order chi connectivity index (χ1) is 12.1. The predicted octanol–water partition coefficient (Wildman–Crippen LogP) is 4.13. The van der Waals surface area contributed by atoms with Gasteiger partial charge < -0.3 is 19.7 Å². The van der Waals surface area contributed by atoms with Crippen molar-refractivity contribution >= 4 is 16.6 Å². The zero-order chi connectivity index (χ0) is 17.8. The number of nitrogens with one attached hydrogen (secondary N) is 1. The van der Waals surface area contributed by atoms with Crippen molar-refractivity contribution in [2.24, 2.45) is 0 Å². The lowest BCUT2D eigenvalue weighted by atomic mass is 10.2. The molecule has 0 saturated heterocycles. The molecule has 2 N–H and O–H groups in total. The zero-order valence-electron chi connectivity index (χ0n) is 15.1. The van der Waals surface area contributed by atoms with Crippen molar-refractivity contribution < 1.29 is 9.84 Å². The number of aryl methyl sites for hydroxylation is 1. The van der Waals surface area contributed by atoms with Gasteiger partial charge in [-0.1, -0.05) is 18.2 Å². The first kappa shape index (κ1) is 17.4. The number of aliphatic hydroxyl groups excluding tert-OH is 1. The largest absolute Gasteiger partial charge is 0.494 e. The molecule has 4 heteroatoms. The van der Waals surface area contributed by atoms with Gasteiger partial charge >= 0.3 is 0 Å². The van der Waals surface area contributed by atoms with Crippen LogP contribution in [0, 0.1) is 13.8 Å². The minimum absolute atomic E-state index is 0.472. The molecule has 2 aromatic carbocycles. The molecule has 1 aromatic heterocycles. The second-order valence-electron chi connectivity index (χ2n) is 6.33. The van der Waals surface area contributed by atoms with E-state index in [4.69, 9.17) is 4.74 Å². The van der Waals surface area contributed by atoms with E-state index in [1.165, 1.54) is 22.2 Å². The number of benzene rings is 2. The highest BCUT2D eigenvalue weighted by molar-refractivity contribution is 5.85. The third-order valence-corrected chi connectivity index (χ3v) is 4.65. The average molecular weight is 338 g/mol. The molecule has 4 nitrogen and oxygen atoms in total. The number of ether oxygens (including phenoxy) is 1. The van der Waals surface area contributed by atoms with Crippen LogP contribution in [0.1, 0.15) is 18.2 Å². The molecule has 0 spiro atoms. The molecule has 0 bridgehead atoms. The summed E-state index contributed by atoms with van der Waals surface area (Å²) in [4.78, 5) is 0. The Bertz CT molecular complexity index is 837. The molecule has 0 fully saturated rings. The minimum Gasteiger partial charge on any atom is -0.494 e. The maximum Gasteiger partial charge on any atom is 0.119 e. The van der Waals surface area contributed by atoms with Crippen molar-refractivity contribution in [1.29, 1.82) is 0 Å². The van der Waals surface area contributed by atoms with Crippen LogP contribution in [0.2, 0.25) is 0 Å². The standard InChI is InChI=1S/C21H26N2O2/c1-4-25-19-11-9-17(10-12-19)22-13-18(24)14-23-16(3)15(2)20-7-5-6-8-21(20)23/h5-12,18,22,24H,4,13-14H2,1-3H3. The SMILES string of the molecule is CCOc1ccc(NCC(O)Cn2c(C)c(C)c3ccccc32)cc1. The summed E-state index contributed by atoms with van der Waals surface area (Å²) in [6.45, 7) is 7.95. The highest BCUT2D eigenvalue weighted by Crippen LogP contribution is 2.25. The van der Waals surface area contributed by atoms with Crippen molar-refractivity contribution in [3.8, 4) is 5.75 Å². The van der Waals surface area contributed by atoms with Gasteiger partial charge in [-0.2, -0.15) is 0 Å². The van der Waals surface area contributed by atoms with Crippen LogP contribution in [0.5, 0.6) is 5.75 Å². The molecule has 132 valence electrons. The minimum atomic E-state index is -0.472. The summed E-state index contributed by atoms with van der Waals surface area (Å²) in [5, 5.41) is 15.0. The molecule has 1 atom stereocenters. The number of nitrogens with zero attached hydrogens (tertiary/aromatic N) is 1. The van der Waals surface area contributed by atoms with Crippen molar-refractivity contribution in [1.82, 2.24) is 4.57 Å². The van der Waals surface area contributed by atoms with Gasteiger partial charge in [0.1, 0.15) is 5.75 Å². The fourth-order valence-corrected chi connectivity index (χ4v) is 3.19. The average Bonchev–Trinajstić information content (AvgIpc) is 2.87. The Morgan fingerprint density at radius 1 is 1.08 bits per heavy atom. The van der Waals surface area contributed by atoms with Gasteiger partial charge in [-0.05, 0) is 56.7 Å². The molecular formula is C21H26N2O2. The molecule has 3 rings (SSSR count). The van der Waals surface area contributed by atoms with Crippen molar-refractivity contribution in [3.63, 3.8) is 0 Å². The Morgan fingerprint density at radius 3 is 2.52 bits per heavy atom. The van der Waals surface area contributed by atoms with E-state index in [9.17, 15) is 5.11 Å². The zero-order valence-corrected chi connectivity index (χ0v) is 15.1. The highest BCUT2D eigenvalue weighted by atomic mass is 16.5. The number of aliphatic hydroxyl groups is 1. The van der Waals surface area contributed by atoms with E-state index >= 15 is 0 Å². The highest BCUT2D eigenvalue weighted by Gasteiger charge is 2.13. The van der Waals surface area contributed by atoms with E-state index in [0.717, 1.165) is 11.4 Å². The molecular weight excluding hydrogens is 312 g/mol. The van der Waals surface area contributed by atoms with Gasteiger partial charge in [-0.3, -0.25) is 0 Å². The lowest BCUT2D eigenvalue weighted by molar-refractivity contribution is 0.167. The molecule has 1 heterocycles. The van der Waals surface area contributed by atoms with Crippen LogP contribution < -0.4 is 10.1 Å². The summed E-state index contributed by atoms with van der Waals surface area (Å²) in [5.41, 5.74) is 4.65. The molecule has 0 amide bonds. The van der Waals surface area contributed by atoms with Crippen LogP contribution in [-0.2, 0) is 6.54 Å². The molecule has 0 saturated carbocycles. The predicted molar refractivity (Wildman–Crippen MR) is 104 cm³/mol. The second-order valence-corrected chi connectivity index (χ2v) is 6.33. The summed E-state index contributed by atoms with van der Waals surface area (Å²) in [6.07, 6.45) is -0.472. The third-order valence-electron chi connectivity index (χ3n) is 4.65. The van der Waals surface area contributed by atoms with Crippen LogP contribution in [0.25, 0.3) is 10.9 Å². The Kier molecular flexibility index (Phi) is 5.29. The molecule has 1 unspecified atom stereocenters. The summed E-state index contributed by atoms with van der Waals surface area (Å²) >= 11 is 0. The van der Waals surface area contributed by atoms with E-state index in [1.807, 2.05) is 37.3 Å². The molecule has 0 aliphatic heterocycles. The van der Waals surface area contributed by atoms with Gasteiger partial charge in [0, 0.05) is 28.8 Å². The van der Waals surface area contributed by atoms with Crippen LogP contribution in [0.4, 0.5) is 5.69 Å². The van der Waals surface area contributed by atoms with Gasteiger partial charge in [-0.15, -0.1) is 0 Å². The summed E-state index contributed by atoms with van der Waals surface area (Å²) in [7, 11) is 0.